The zero-order chi connectivity index (χ0) is 15.7. The molecule has 1 aliphatic rings. The highest BCUT2D eigenvalue weighted by molar-refractivity contribution is 5.94. The van der Waals surface area contributed by atoms with Crippen molar-refractivity contribution >= 4 is 5.91 Å². The Labute approximate surface area is 121 Å². The number of carbonyl (C=O) groups excluding carboxylic acids is 1. The number of carbonyl (C=O) groups is 1. The minimum absolute atomic E-state index is 0.239. The van der Waals surface area contributed by atoms with Gasteiger partial charge in [0.1, 0.15) is 0 Å². The Morgan fingerprint density at radius 3 is 2.19 bits per heavy atom. The lowest BCUT2D eigenvalue weighted by atomic mass is 9.82. The van der Waals surface area contributed by atoms with E-state index in [2.05, 4.69) is 6.07 Å². The fraction of sp³-hybridized carbons (Fsp3) is 0.467. The lowest BCUT2D eigenvalue weighted by Crippen LogP contribution is -2.41. The highest BCUT2D eigenvalue weighted by Crippen LogP contribution is 2.31. The van der Waals surface area contributed by atoms with E-state index in [0.29, 0.717) is 25.9 Å². The van der Waals surface area contributed by atoms with Crippen LogP contribution in [0.2, 0.25) is 0 Å². The van der Waals surface area contributed by atoms with Crippen LogP contribution >= 0.6 is 0 Å². The minimum Gasteiger partial charge on any atom is -0.339 e. The van der Waals surface area contributed by atoms with Gasteiger partial charge in [0, 0.05) is 18.7 Å². The quantitative estimate of drug-likeness (QED) is 0.796. The number of nitrogens with zero attached hydrogens (tertiary/aromatic N) is 2. The standard InChI is InChI=1S/C15H15F3N2O/c1-14(10-19)6-8-20(9-7-14)13(21)11-2-4-12(5-3-11)15(16,17)18/h2-5H,6-9H2,1H3. The summed E-state index contributed by atoms with van der Waals surface area (Å²) in [6.45, 7) is 2.75. The van der Waals surface area contributed by atoms with E-state index in [4.69, 9.17) is 5.26 Å². The van der Waals surface area contributed by atoms with Gasteiger partial charge >= 0.3 is 6.18 Å². The molecule has 0 spiro atoms. The lowest BCUT2D eigenvalue weighted by molar-refractivity contribution is -0.137. The fourth-order valence-electron chi connectivity index (χ4n) is 2.30. The first-order valence-electron chi connectivity index (χ1n) is 6.63. The first-order valence-corrected chi connectivity index (χ1v) is 6.63. The molecular weight excluding hydrogens is 281 g/mol. The van der Waals surface area contributed by atoms with E-state index < -0.39 is 17.2 Å². The summed E-state index contributed by atoms with van der Waals surface area (Å²) in [5.41, 5.74) is -0.949. The Hall–Kier alpha value is -2.03. The summed E-state index contributed by atoms with van der Waals surface area (Å²) in [7, 11) is 0. The number of hydrogen-bond donors (Lipinski definition) is 0. The van der Waals surface area contributed by atoms with Gasteiger partial charge in [-0.1, -0.05) is 0 Å². The predicted molar refractivity (Wildman–Crippen MR) is 70.3 cm³/mol. The van der Waals surface area contributed by atoms with Gasteiger partial charge in [-0.2, -0.15) is 18.4 Å². The molecule has 21 heavy (non-hydrogen) atoms. The van der Waals surface area contributed by atoms with E-state index in [1.54, 1.807) is 4.90 Å². The van der Waals surface area contributed by atoms with E-state index in [9.17, 15) is 18.0 Å². The maximum atomic E-state index is 12.5. The zero-order valence-corrected chi connectivity index (χ0v) is 11.6. The van der Waals surface area contributed by atoms with Crippen LogP contribution in [0.25, 0.3) is 0 Å². The van der Waals surface area contributed by atoms with Crippen molar-refractivity contribution in [2.45, 2.75) is 25.9 Å². The summed E-state index contributed by atoms with van der Waals surface area (Å²) >= 11 is 0. The minimum atomic E-state index is -4.40. The van der Waals surface area contributed by atoms with Gasteiger partial charge in [-0.05, 0) is 44.0 Å². The van der Waals surface area contributed by atoms with Crippen molar-refractivity contribution in [2.24, 2.45) is 5.41 Å². The van der Waals surface area contributed by atoms with Crippen LogP contribution in [0.5, 0.6) is 0 Å². The van der Waals surface area contributed by atoms with Gasteiger partial charge in [-0.3, -0.25) is 4.79 Å². The smallest absolute Gasteiger partial charge is 0.339 e. The van der Waals surface area contributed by atoms with Crippen LogP contribution in [0.15, 0.2) is 24.3 Å². The lowest BCUT2D eigenvalue weighted by Gasteiger charge is -2.35. The molecule has 3 nitrogen and oxygen atoms in total. The molecule has 112 valence electrons. The Bertz CT molecular complexity index is 564. The molecule has 1 heterocycles. The molecule has 0 bridgehead atoms. The third kappa shape index (κ3) is 3.35. The second-order valence-corrected chi connectivity index (χ2v) is 5.54. The van der Waals surface area contributed by atoms with Crippen molar-refractivity contribution in [2.75, 3.05) is 13.1 Å². The molecule has 0 N–H and O–H groups in total. The summed E-state index contributed by atoms with van der Waals surface area (Å²) < 4.78 is 37.4. The maximum absolute atomic E-state index is 12.5. The Balaban J connectivity index is 2.07. The van der Waals surface area contributed by atoms with Gasteiger partial charge in [-0.15, -0.1) is 0 Å². The third-order valence-electron chi connectivity index (χ3n) is 3.88. The monoisotopic (exact) mass is 296 g/mol. The molecule has 0 saturated carbocycles. The number of hydrogen-bond acceptors (Lipinski definition) is 2. The number of halogens is 3. The molecule has 0 radical (unpaired) electrons. The number of rotatable bonds is 1. The molecule has 2 rings (SSSR count). The van der Waals surface area contributed by atoms with Crippen molar-refractivity contribution in [3.8, 4) is 6.07 Å². The Kier molecular flexibility index (Phi) is 3.95. The molecule has 0 atom stereocenters. The molecule has 1 saturated heterocycles. The summed E-state index contributed by atoms with van der Waals surface area (Å²) in [4.78, 5) is 13.8. The van der Waals surface area contributed by atoms with E-state index in [1.807, 2.05) is 6.92 Å². The van der Waals surface area contributed by atoms with Gasteiger partial charge in [0.2, 0.25) is 0 Å². The van der Waals surface area contributed by atoms with Crippen molar-refractivity contribution in [1.82, 2.24) is 4.90 Å². The van der Waals surface area contributed by atoms with E-state index >= 15 is 0 Å². The number of likely N-dealkylation sites (tertiary alicyclic amines) is 1. The van der Waals surface area contributed by atoms with Crippen LogP contribution in [0.1, 0.15) is 35.7 Å². The summed E-state index contributed by atoms with van der Waals surface area (Å²) in [6, 6.07) is 6.46. The molecule has 0 aliphatic carbocycles. The van der Waals surface area contributed by atoms with Crippen LogP contribution in [-0.2, 0) is 6.18 Å². The number of benzene rings is 1. The molecule has 1 amide bonds. The van der Waals surface area contributed by atoms with Crippen LogP contribution in [0.3, 0.4) is 0 Å². The van der Waals surface area contributed by atoms with Crippen LogP contribution in [0.4, 0.5) is 13.2 Å². The number of nitriles is 1. The van der Waals surface area contributed by atoms with Gasteiger partial charge in [0.05, 0.1) is 17.0 Å². The largest absolute Gasteiger partial charge is 0.416 e. The molecule has 1 aliphatic heterocycles. The third-order valence-corrected chi connectivity index (χ3v) is 3.88. The summed E-state index contributed by atoms with van der Waals surface area (Å²) in [6.07, 6.45) is -3.24. The molecule has 0 aromatic heterocycles. The van der Waals surface area contributed by atoms with Crippen LogP contribution in [-0.4, -0.2) is 23.9 Å². The molecule has 1 aromatic rings. The molecule has 6 heteroatoms. The highest BCUT2D eigenvalue weighted by atomic mass is 19.4. The second-order valence-electron chi connectivity index (χ2n) is 5.54. The SMILES string of the molecule is CC1(C#N)CCN(C(=O)c2ccc(C(F)(F)F)cc2)CC1. The van der Waals surface area contributed by atoms with Crippen molar-refractivity contribution in [3.05, 3.63) is 35.4 Å². The molecule has 0 unspecified atom stereocenters. The first-order chi connectivity index (χ1) is 9.75. The first kappa shape index (κ1) is 15.4. The van der Waals surface area contributed by atoms with Gasteiger partial charge in [-0.25, -0.2) is 0 Å². The molecule has 1 aromatic carbocycles. The van der Waals surface area contributed by atoms with E-state index in [-0.39, 0.29) is 11.5 Å². The van der Waals surface area contributed by atoms with Gasteiger partial charge in [0.25, 0.3) is 5.91 Å². The summed E-state index contributed by atoms with van der Waals surface area (Å²) in [5.74, 6) is -0.288. The predicted octanol–water partition coefficient (Wildman–Crippen LogP) is 3.47. The van der Waals surface area contributed by atoms with Crippen LogP contribution in [0, 0.1) is 16.7 Å². The molecular formula is C15H15F3N2O. The number of amides is 1. The average Bonchev–Trinajstić information content (AvgIpc) is 2.47. The Morgan fingerprint density at radius 1 is 1.24 bits per heavy atom. The Morgan fingerprint density at radius 2 is 1.76 bits per heavy atom. The van der Waals surface area contributed by atoms with Gasteiger partial charge in [0.15, 0.2) is 0 Å². The fourth-order valence-corrected chi connectivity index (χ4v) is 2.30. The number of alkyl halides is 3. The highest BCUT2D eigenvalue weighted by Gasteiger charge is 2.33. The van der Waals surface area contributed by atoms with E-state index in [0.717, 1.165) is 12.1 Å². The van der Waals surface area contributed by atoms with Crippen molar-refractivity contribution in [3.63, 3.8) is 0 Å². The zero-order valence-electron chi connectivity index (χ0n) is 11.6. The van der Waals surface area contributed by atoms with Crippen molar-refractivity contribution < 1.29 is 18.0 Å². The second kappa shape index (κ2) is 5.40. The van der Waals surface area contributed by atoms with Crippen molar-refractivity contribution in [1.29, 1.82) is 5.26 Å². The van der Waals surface area contributed by atoms with Crippen LogP contribution < -0.4 is 0 Å². The van der Waals surface area contributed by atoms with Gasteiger partial charge < -0.3 is 4.90 Å². The van der Waals surface area contributed by atoms with E-state index in [1.165, 1.54) is 12.1 Å². The normalized spacial score (nSPS) is 18.1. The molecule has 1 fully saturated rings. The topological polar surface area (TPSA) is 44.1 Å². The average molecular weight is 296 g/mol. The summed E-state index contributed by atoms with van der Waals surface area (Å²) in [5, 5.41) is 9.04. The maximum Gasteiger partial charge on any atom is 0.416 e. The number of piperidine rings is 1.